The number of H-pyrrole nitrogens is 1. The van der Waals surface area contributed by atoms with Crippen LogP contribution >= 0.6 is 0 Å². The summed E-state index contributed by atoms with van der Waals surface area (Å²) in [6.45, 7) is 0. The van der Waals surface area contributed by atoms with Crippen LogP contribution in [0.15, 0.2) is 36.5 Å². The maximum absolute atomic E-state index is 13.3. The van der Waals surface area contributed by atoms with Crippen molar-refractivity contribution in [1.82, 2.24) is 4.98 Å². The van der Waals surface area contributed by atoms with Crippen molar-refractivity contribution in [3.05, 3.63) is 47.9 Å². The molecule has 0 bridgehead atoms. The van der Waals surface area contributed by atoms with Gasteiger partial charge >= 0.3 is 0 Å². The van der Waals surface area contributed by atoms with Gasteiger partial charge in [0.1, 0.15) is 11.5 Å². The van der Waals surface area contributed by atoms with Crippen LogP contribution in [0.5, 0.6) is 0 Å². The average Bonchev–Trinajstić information content (AvgIpc) is 2.67. The molecule has 1 N–H and O–H groups in total. The summed E-state index contributed by atoms with van der Waals surface area (Å²) in [5, 5.41) is 0. The van der Waals surface area contributed by atoms with Gasteiger partial charge < -0.3 is 9.78 Å². The minimum Gasteiger partial charge on any atom is -0.360 e. The van der Waals surface area contributed by atoms with Crippen molar-refractivity contribution in [2.24, 2.45) is 0 Å². The number of aromatic nitrogens is 1. The second-order valence-corrected chi connectivity index (χ2v) is 3.15. The second kappa shape index (κ2) is 3.73. The van der Waals surface area contributed by atoms with E-state index < -0.39 is 5.68 Å². The molecule has 2 aromatic rings. The van der Waals surface area contributed by atoms with E-state index >= 15 is 0 Å². The quantitative estimate of drug-likeness (QED) is 0.738. The Bertz CT molecular complexity index is 507. The van der Waals surface area contributed by atoms with Gasteiger partial charge in [0.15, 0.2) is 7.85 Å². The molecule has 1 aromatic heterocycles. The summed E-state index contributed by atoms with van der Waals surface area (Å²) < 4.78 is 13.3. The first kappa shape index (κ1) is 9.71. The molecule has 1 aromatic carbocycles. The van der Waals surface area contributed by atoms with Crippen molar-refractivity contribution < 1.29 is 9.18 Å². The van der Waals surface area contributed by atoms with Crippen LogP contribution in [0.2, 0.25) is 0 Å². The van der Waals surface area contributed by atoms with Crippen LogP contribution < -0.4 is 0 Å². The van der Waals surface area contributed by atoms with Crippen LogP contribution in [-0.2, 0) is 0 Å². The van der Waals surface area contributed by atoms with Crippen LogP contribution in [0.1, 0.15) is 10.4 Å². The third-order valence-corrected chi connectivity index (χ3v) is 2.13. The molecule has 0 atom stereocenters. The molecule has 0 saturated heterocycles. The van der Waals surface area contributed by atoms with Gasteiger partial charge in [-0.2, -0.15) is 0 Å². The largest absolute Gasteiger partial charge is 0.360 e. The molecule has 0 saturated carbocycles. The zero-order valence-corrected chi connectivity index (χ0v) is 7.83. The normalized spacial score (nSPS) is 10.2. The number of rotatable bonds is 2. The summed E-state index contributed by atoms with van der Waals surface area (Å²) in [6.07, 6.45) is 1.46. The Morgan fingerprint density at radius 1 is 1.33 bits per heavy atom. The predicted octanol–water partition coefficient (Wildman–Crippen LogP) is 2.13. The van der Waals surface area contributed by atoms with Crippen molar-refractivity contribution in [1.29, 1.82) is 0 Å². The van der Waals surface area contributed by atoms with Gasteiger partial charge in [0.05, 0.1) is 0 Å². The van der Waals surface area contributed by atoms with E-state index in [1.165, 1.54) is 18.3 Å². The molecular formula is C11H7BFNO. The smallest absolute Gasteiger partial charge is 0.175 e. The number of hydrogen-bond donors (Lipinski definition) is 1. The van der Waals surface area contributed by atoms with Gasteiger partial charge in [-0.15, -0.1) is 0 Å². The molecule has 2 radical (unpaired) electrons. The number of aromatic amines is 1. The van der Waals surface area contributed by atoms with E-state index in [9.17, 15) is 9.18 Å². The van der Waals surface area contributed by atoms with Gasteiger partial charge in [-0.05, 0) is 18.2 Å². The lowest BCUT2D eigenvalue weighted by molar-refractivity contribution is 0.108. The van der Waals surface area contributed by atoms with Crippen molar-refractivity contribution in [3.8, 4) is 11.3 Å². The van der Waals surface area contributed by atoms with Crippen molar-refractivity contribution in [3.63, 3.8) is 0 Å². The molecule has 2 nitrogen and oxygen atoms in total. The molecule has 0 aliphatic carbocycles. The highest BCUT2D eigenvalue weighted by Gasteiger charge is 2.07. The molecule has 15 heavy (non-hydrogen) atoms. The molecule has 0 unspecified atom stereocenters. The van der Waals surface area contributed by atoms with Crippen molar-refractivity contribution >= 4 is 13.5 Å². The van der Waals surface area contributed by atoms with E-state index in [-0.39, 0.29) is 5.82 Å². The fourth-order valence-electron chi connectivity index (χ4n) is 1.37. The summed E-state index contributed by atoms with van der Waals surface area (Å²) in [7, 11) is 5.09. The zero-order valence-electron chi connectivity index (χ0n) is 7.83. The summed E-state index contributed by atoms with van der Waals surface area (Å²) >= 11 is 0. The lowest BCUT2D eigenvalue weighted by atomic mass is 9.96. The van der Waals surface area contributed by atoms with Crippen molar-refractivity contribution in [2.45, 2.75) is 0 Å². The fraction of sp³-hybridized carbons (Fsp3) is 0. The molecule has 0 fully saturated rings. The molecular weight excluding hydrogens is 192 g/mol. The molecule has 0 amide bonds. The Kier molecular flexibility index (Phi) is 2.41. The monoisotopic (exact) mass is 199 g/mol. The Hall–Kier alpha value is -1.84. The number of benzene rings is 1. The van der Waals surface area contributed by atoms with Gasteiger partial charge in [0.2, 0.25) is 0 Å². The van der Waals surface area contributed by atoms with E-state index in [1.54, 1.807) is 18.2 Å². The molecule has 0 aliphatic rings. The van der Waals surface area contributed by atoms with E-state index in [2.05, 4.69) is 4.98 Å². The predicted molar refractivity (Wildman–Crippen MR) is 56.3 cm³/mol. The van der Waals surface area contributed by atoms with Crippen molar-refractivity contribution in [2.75, 3.05) is 0 Å². The van der Waals surface area contributed by atoms with E-state index in [4.69, 9.17) is 7.85 Å². The maximum atomic E-state index is 13.3. The molecule has 0 aliphatic heterocycles. The van der Waals surface area contributed by atoms with E-state index in [1.807, 2.05) is 0 Å². The van der Waals surface area contributed by atoms with Crippen LogP contribution in [0.25, 0.3) is 11.3 Å². The Morgan fingerprint density at radius 2 is 2.07 bits per heavy atom. The number of carbonyl (C=O) groups excluding carboxylic acids is 1. The standard InChI is InChI=1S/C11H7BFNO/c12-11(15)7-5-10(14-6-7)8-3-1-2-4-9(8)13/h1-6,14H. The number of nitrogens with one attached hydrogen (secondary N) is 1. The van der Waals surface area contributed by atoms with Crippen LogP contribution in [-0.4, -0.2) is 18.5 Å². The van der Waals surface area contributed by atoms with Gasteiger partial charge in [0, 0.05) is 23.0 Å². The number of halogens is 1. The summed E-state index contributed by atoms with van der Waals surface area (Å²) in [5.74, 6) is -0.338. The summed E-state index contributed by atoms with van der Waals surface area (Å²) in [4.78, 5) is 13.6. The van der Waals surface area contributed by atoms with E-state index in [0.717, 1.165) is 0 Å². The lowest BCUT2D eigenvalue weighted by Gasteiger charge is -1.98. The number of hydrogen-bond acceptors (Lipinski definition) is 1. The molecule has 4 heteroatoms. The first-order valence-electron chi connectivity index (χ1n) is 4.41. The Labute approximate surface area is 87.5 Å². The SMILES string of the molecule is [B]C(=O)c1c[nH]c(-c2ccccc2F)c1. The third kappa shape index (κ3) is 1.84. The molecule has 1 heterocycles. The molecule has 2 rings (SSSR count). The van der Waals surface area contributed by atoms with Crippen LogP contribution in [0.4, 0.5) is 4.39 Å². The first-order chi connectivity index (χ1) is 7.18. The minimum atomic E-state index is -0.533. The summed E-state index contributed by atoms with van der Waals surface area (Å²) in [6, 6.07) is 7.85. The fourth-order valence-corrected chi connectivity index (χ4v) is 1.37. The van der Waals surface area contributed by atoms with E-state index in [0.29, 0.717) is 16.8 Å². The lowest BCUT2D eigenvalue weighted by Crippen LogP contribution is -1.93. The minimum absolute atomic E-state index is 0.338. The topological polar surface area (TPSA) is 32.9 Å². The third-order valence-electron chi connectivity index (χ3n) is 2.13. The van der Waals surface area contributed by atoms with Crippen LogP contribution in [0, 0.1) is 5.82 Å². The highest BCUT2D eigenvalue weighted by Crippen LogP contribution is 2.21. The van der Waals surface area contributed by atoms with Gasteiger partial charge in [-0.25, -0.2) is 4.39 Å². The first-order valence-corrected chi connectivity index (χ1v) is 4.41. The average molecular weight is 199 g/mol. The van der Waals surface area contributed by atoms with Gasteiger partial charge in [-0.1, -0.05) is 12.1 Å². The van der Waals surface area contributed by atoms with Gasteiger partial charge in [0.25, 0.3) is 0 Å². The maximum Gasteiger partial charge on any atom is 0.175 e. The second-order valence-electron chi connectivity index (χ2n) is 3.15. The Morgan fingerprint density at radius 3 is 2.67 bits per heavy atom. The summed E-state index contributed by atoms with van der Waals surface area (Å²) in [5.41, 5.74) is 0.772. The Balaban J connectivity index is 2.46. The zero-order chi connectivity index (χ0) is 10.8. The molecule has 0 spiro atoms. The number of carbonyl (C=O) groups is 1. The van der Waals surface area contributed by atoms with Crippen LogP contribution in [0.3, 0.4) is 0 Å². The van der Waals surface area contributed by atoms with Gasteiger partial charge in [-0.3, -0.25) is 0 Å². The highest BCUT2D eigenvalue weighted by molar-refractivity contribution is 6.62. The highest BCUT2D eigenvalue weighted by atomic mass is 19.1. The molecule has 72 valence electrons.